The van der Waals surface area contributed by atoms with E-state index in [1.54, 1.807) is 0 Å². The Labute approximate surface area is 114 Å². The molecular formula is C15H13BrN2. The largest absolute Gasteiger partial charge is 0.381 e. The fourth-order valence-electron chi connectivity index (χ4n) is 2.07. The molecule has 18 heavy (non-hydrogen) atoms. The molecule has 0 unspecified atom stereocenters. The molecule has 0 spiro atoms. The molecule has 0 bridgehead atoms. The topological polar surface area (TPSA) is 27.8 Å². The molecule has 0 saturated carbocycles. The van der Waals surface area contributed by atoms with Gasteiger partial charge < -0.3 is 10.3 Å². The van der Waals surface area contributed by atoms with E-state index in [1.165, 1.54) is 16.5 Å². The second-order valence-electron chi connectivity index (χ2n) is 4.22. The number of para-hydroxylation sites is 1. The lowest BCUT2D eigenvalue weighted by Crippen LogP contribution is -1.98. The van der Waals surface area contributed by atoms with Crippen LogP contribution < -0.4 is 5.32 Å². The maximum Gasteiger partial charge on any atom is 0.0457 e. The van der Waals surface area contributed by atoms with E-state index in [9.17, 15) is 0 Å². The highest BCUT2D eigenvalue weighted by Crippen LogP contribution is 2.20. The number of halogens is 1. The van der Waals surface area contributed by atoms with Crippen molar-refractivity contribution in [3.8, 4) is 0 Å². The van der Waals surface area contributed by atoms with Crippen LogP contribution in [0.5, 0.6) is 0 Å². The van der Waals surface area contributed by atoms with Crippen LogP contribution in [0.3, 0.4) is 0 Å². The molecule has 90 valence electrons. The minimum atomic E-state index is 0.820. The van der Waals surface area contributed by atoms with E-state index >= 15 is 0 Å². The summed E-state index contributed by atoms with van der Waals surface area (Å²) in [6.45, 7) is 0.820. The van der Waals surface area contributed by atoms with Crippen LogP contribution in [0.2, 0.25) is 0 Å². The maximum atomic E-state index is 3.47. The van der Waals surface area contributed by atoms with Crippen LogP contribution >= 0.6 is 15.9 Å². The van der Waals surface area contributed by atoms with Gasteiger partial charge in [0.05, 0.1) is 0 Å². The standard InChI is InChI=1S/C15H13BrN2/c16-12-4-3-5-13(8-12)17-9-11-10-18-15-7-2-1-6-14(11)15/h1-8,10,17-18H,9H2. The Morgan fingerprint density at radius 2 is 1.94 bits per heavy atom. The third-order valence-electron chi connectivity index (χ3n) is 2.98. The molecule has 0 amide bonds. The van der Waals surface area contributed by atoms with E-state index in [4.69, 9.17) is 0 Å². The van der Waals surface area contributed by atoms with Gasteiger partial charge in [0, 0.05) is 33.8 Å². The zero-order valence-electron chi connectivity index (χ0n) is 9.78. The first kappa shape index (κ1) is 11.4. The SMILES string of the molecule is Brc1cccc(NCc2c[nH]c3ccccc23)c1. The van der Waals surface area contributed by atoms with Crippen molar-refractivity contribution in [3.05, 3.63) is 64.8 Å². The second-order valence-corrected chi connectivity index (χ2v) is 5.14. The molecule has 3 rings (SSSR count). The number of anilines is 1. The number of aromatic amines is 1. The van der Waals surface area contributed by atoms with E-state index in [1.807, 2.05) is 18.2 Å². The number of nitrogens with one attached hydrogen (secondary N) is 2. The lowest BCUT2D eigenvalue weighted by atomic mass is 10.2. The van der Waals surface area contributed by atoms with Gasteiger partial charge in [-0.25, -0.2) is 0 Å². The van der Waals surface area contributed by atoms with Crippen molar-refractivity contribution >= 4 is 32.5 Å². The number of aromatic nitrogens is 1. The van der Waals surface area contributed by atoms with Gasteiger partial charge in [0.15, 0.2) is 0 Å². The lowest BCUT2D eigenvalue weighted by Gasteiger charge is -2.05. The van der Waals surface area contributed by atoms with E-state index in [-0.39, 0.29) is 0 Å². The van der Waals surface area contributed by atoms with Gasteiger partial charge in [0.2, 0.25) is 0 Å². The third kappa shape index (κ3) is 2.27. The van der Waals surface area contributed by atoms with Gasteiger partial charge >= 0.3 is 0 Å². The van der Waals surface area contributed by atoms with Crippen molar-refractivity contribution in [2.45, 2.75) is 6.54 Å². The van der Waals surface area contributed by atoms with Gasteiger partial charge in [0.25, 0.3) is 0 Å². The van der Waals surface area contributed by atoms with Gasteiger partial charge in [-0.1, -0.05) is 40.2 Å². The number of fused-ring (bicyclic) bond motifs is 1. The van der Waals surface area contributed by atoms with Crippen LogP contribution in [-0.2, 0) is 6.54 Å². The first-order valence-corrected chi connectivity index (χ1v) is 6.67. The van der Waals surface area contributed by atoms with Crippen molar-refractivity contribution in [2.24, 2.45) is 0 Å². The monoisotopic (exact) mass is 300 g/mol. The van der Waals surface area contributed by atoms with E-state index in [0.29, 0.717) is 0 Å². The van der Waals surface area contributed by atoms with Crippen molar-refractivity contribution < 1.29 is 0 Å². The fourth-order valence-corrected chi connectivity index (χ4v) is 2.47. The number of hydrogen-bond acceptors (Lipinski definition) is 1. The third-order valence-corrected chi connectivity index (χ3v) is 3.48. The summed E-state index contributed by atoms with van der Waals surface area (Å²) in [4.78, 5) is 3.29. The molecular weight excluding hydrogens is 288 g/mol. The molecule has 1 heterocycles. The predicted octanol–water partition coefficient (Wildman–Crippen LogP) is 4.54. The highest BCUT2D eigenvalue weighted by atomic mass is 79.9. The zero-order valence-corrected chi connectivity index (χ0v) is 11.4. The van der Waals surface area contributed by atoms with Crippen molar-refractivity contribution in [1.82, 2.24) is 4.98 Å². The van der Waals surface area contributed by atoms with Crippen molar-refractivity contribution in [3.63, 3.8) is 0 Å². The van der Waals surface area contributed by atoms with E-state index in [2.05, 4.69) is 62.8 Å². The molecule has 2 aromatic carbocycles. The Kier molecular flexibility index (Phi) is 3.07. The van der Waals surface area contributed by atoms with Crippen LogP contribution in [0.15, 0.2) is 59.2 Å². The first-order chi connectivity index (χ1) is 8.83. The molecule has 2 nitrogen and oxygen atoms in total. The summed E-state index contributed by atoms with van der Waals surface area (Å²) in [5.41, 5.74) is 3.59. The number of H-pyrrole nitrogens is 1. The van der Waals surface area contributed by atoms with Crippen LogP contribution in [-0.4, -0.2) is 4.98 Å². The number of benzene rings is 2. The highest BCUT2D eigenvalue weighted by molar-refractivity contribution is 9.10. The molecule has 3 aromatic rings. The van der Waals surface area contributed by atoms with Gasteiger partial charge in [-0.15, -0.1) is 0 Å². The summed E-state index contributed by atoms with van der Waals surface area (Å²) in [6, 6.07) is 16.6. The Hall–Kier alpha value is -1.74. The van der Waals surface area contributed by atoms with Crippen LogP contribution in [0, 0.1) is 0 Å². The molecule has 2 N–H and O–H groups in total. The fraction of sp³-hybridized carbons (Fsp3) is 0.0667. The van der Waals surface area contributed by atoms with Crippen LogP contribution in [0.25, 0.3) is 10.9 Å². The average molecular weight is 301 g/mol. The summed E-state index contributed by atoms with van der Waals surface area (Å²) >= 11 is 3.47. The van der Waals surface area contributed by atoms with Crippen LogP contribution in [0.1, 0.15) is 5.56 Å². The van der Waals surface area contributed by atoms with Gasteiger partial charge in [-0.2, -0.15) is 0 Å². The Bertz CT molecular complexity index is 673. The second kappa shape index (κ2) is 4.86. The van der Waals surface area contributed by atoms with Crippen molar-refractivity contribution in [2.75, 3.05) is 5.32 Å². The summed E-state index contributed by atoms with van der Waals surface area (Å²) in [6.07, 6.45) is 2.07. The Balaban J connectivity index is 1.81. The summed E-state index contributed by atoms with van der Waals surface area (Å²) in [7, 11) is 0. The van der Waals surface area contributed by atoms with E-state index < -0.39 is 0 Å². The molecule has 0 saturated heterocycles. The lowest BCUT2D eigenvalue weighted by molar-refractivity contribution is 1.16. The quantitative estimate of drug-likeness (QED) is 0.730. The van der Waals surface area contributed by atoms with Gasteiger partial charge in [-0.05, 0) is 29.8 Å². The molecule has 3 heteroatoms. The average Bonchev–Trinajstić information content (AvgIpc) is 2.80. The Morgan fingerprint density at radius 1 is 1.06 bits per heavy atom. The predicted molar refractivity (Wildman–Crippen MR) is 79.8 cm³/mol. The molecule has 0 fully saturated rings. The maximum absolute atomic E-state index is 3.47. The minimum Gasteiger partial charge on any atom is -0.381 e. The van der Waals surface area contributed by atoms with Crippen LogP contribution in [0.4, 0.5) is 5.69 Å². The molecule has 0 radical (unpaired) electrons. The minimum absolute atomic E-state index is 0.820. The zero-order chi connectivity index (χ0) is 12.4. The summed E-state index contributed by atoms with van der Waals surface area (Å²) < 4.78 is 1.09. The molecule has 0 aliphatic heterocycles. The van der Waals surface area contributed by atoms with Gasteiger partial charge in [0.1, 0.15) is 0 Å². The number of hydrogen-bond donors (Lipinski definition) is 2. The molecule has 0 atom stereocenters. The summed E-state index contributed by atoms with van der Waals surface area (Å²) in [5.74, 6) is 0. The van der Waals surface area contributed by atoms with E-state index in [0.717, 1.165) is 16.7 Å². The number of rotatable bonds is 3. The summed E-state index contributed by atoms with van der Waals surface area (Å²) in [5, 5.41) is 4.71. The highest BCUT2D eigenvalue weighted by Gasteiger charge is 2.02. The molecule has 1 aromatic heterocycles. The van der Waals surface area contributed by atoms with Crippen molar-refractivity contribution in [1.29, 1.82) is 0 Å². The first-order valence-electron chi connectivity index (χ1n) is 5.87. The molecule has 0 aliphatic rings. The Morgan fingerprint density at radius 3 is 2.83 bits per heavy atom. The van der Waals surface area contributed by atoms with Gasteiger partial charge in [-0.3, -0.25) is 0 Å². The smallest absolute Gasteiger partial charge is 0.0457 e. The molecule has 0 aliphatic carbocycles. The normalized spacial score (nSPS) is 10.7.